The van der Waals surface area contributed by atoms with Crippen molar-refractivity contribution in [2.24, 2.45) is 11.1 Å². The summed E-state index contributed by atoms with van der Waals surface area (Å²) >= 11 is 0. The van der Waals surface area contributed by atoms with Gasteiger partial charge in [0.2, 0.25) is 0 Å². The summed E-state index contributed by atoms with van der Waals surface area (Å²) < 4.78 is 33.5. The van der Waals surface area contributed by atoms with E-state index >= 15 is 0 Å². The Bertz CT molecular complexity index is 792. The van der Waals surface area contributed by atoms with E-state index in [4.69, 9.17) is 14.1 Å². The molecule has 3 rings (SSSR count). The number of hydrogen-bond acceptors (Lipinski definition) is 4. The highest BCUT2D eigenvalue weighted by atomic mass is 32.2. The van der Waals surface area contributed by atoms with Gasteiger partial charge >= 0.3 is 10.3 Å². The van der Waals surface area contributed by atoms with Gasteiger partial charge in [-0.15, -0.1) is 0 Å². The minimum atomic E-state index is -3.97. The third kappa shape index (κ3) is 4.02. The van der Waals surface area contributed by atoms with Crippen molar-refractivity contribution in [2.45, 2.75) is 25.6 Å². The van der Waals surface area contributed by atoms with E-state index in [1.807, 2.05) is 61.5 Å². The highest BCUT2D eigenvalue weighted by Crippen LogP contribution is 2.46. The van der Waals surface area contributed by atoms with Gasteiger partial charge in [-0.2, -0.15) is 8.42 Å². The van der Waals surface area contributed by atoms with Crippen LogP contribution in [0.1, 0.15) is 35.3 Å². The first-order valence-corrected chi connectivity index (χ1v) is 9.34. The van der Waals surface area contributed by atoms with Crippen molar-refractivity contribution in [3.8, 4) is 0 Å². The van der Waals surface area contributed by atoms with Gasteiger partial charge in [0.1, 0.15) is 0 Å². The Morgan fingerprint density at radius 2 is 1.79 bits per heavy atom. The fraction of sp³-hybridized carbons (Fsp3) is 0.333. The SMILES string of the molecule is Cc1ccccc1[C@@H]1OC(c2ccccc2)C[C@H]1COS(N)(=O)=O. The van der Waals surface area contributed by atoms with Crippen molar-refractivity contribution in [2.75, 3.05) is 6.61 Å². The van der Waals surface area contributed by atoms with E-state index in [0.717, 1.165) is 16.7 Å². The van der Waals surface area contributed by atoms with Gasteiger partial charge in [0.05, 0.1) is 18.8 Å². The molecule has 2 aromatic carbocycles. The maximum absolute atomic E-state index is 11.2. The lowest BCUT2D eigenvalue weighted by molar-refractivity contribution is 0.0267. The molecule has 2 N–H and O–H groups in total. The van der Waals surface area contributed by atoms with Gasteiger partial charge in [-0.1, -0.05) is 54.6 Å². The number of aryl methyl sites for hydroxylation is 1. The van der Waals surface area contributed by atoms with E-state index in [2.05, 4.69) is 0 Å². The molecule has 0 amide bonds. The molecule has 6 heteroatoms. The normalized spacial score (nSPS) is 24.2. The smallest absolute Gasteiger partial charge is 0.333 e. The molecule has 1 aliphatic heterocycles. The van der Waals surface area contributed by atoms with Crippen molar-refractivity contribution < 1.29 is 17.3 Å². The van der Waals surface area contributed by atoms with Crippen LogP contribution in [0.2, 0.25) is 0 Å². The quantitative estimate of drug-likeness (QED) is 0.902. The van der Waals surface area contributed by atoms with Crippen LogP contribution in [0.15, 0.2) is 54.6 Å². The number of nitrogens with two attached hydrogens (primary N) is 1. The third-order valence-electron chi connectivity index (χ3n) is 4.37. The van der Waals surface area contributed by atoms with Crippen LogP contribution in [0.3, 0.4) is 0 Å². The largest absolute Gasteiger partial charge is 0.365 e. The third-order valence-corrected chi connectivity index (χ3v) is 4.83. The Balaban J connectivity index is 1.86. The van der Waals surface area contributed by atoms with Gasteiger partial charge in [-0.3, -0.25) is 4.18 Å². The van der Waals surface area contributed by atoms with Crippen LogP contribution in [0.5, 0.6) is 0 Å². The molecule has 0 bridgehead atoms. The molecule has 128 valence electrons. The molecule has 24 heavy (non-hydrogen) atoms. The zero-order valence-electron chi connectivity index (χ0n) is 13.5. The maximum Gasteiger partial charge on any atom is 0.333 e. The van der Waals surface area contributed by atoms with Gasteiger partial charge in [-0.25, -0.2) is 5.14 Å². The zero-order valence-corrected chi connectivity index (χ0v) is 14.3. The molecule has 1 saturated heterocycles. The minimum absolute atomic E-state index is 0.0150. The summed E-state index contributed by atoms with van der Waals surface area (Å²) in [7, 11) is -3.97. The molecule has 1 fully saturated rings. The number of hydrogen-bond donors (Lipinski definition) is 1. The van der Waals surface area contributed by atoms with Gasteiger partial charge in [-0.05, 0) is 30.0 Å². The van der Waals surface area contributed by atoms with Gasteiger partial charge in [0.15, 0.2) is 0 Å². The van der Waals surface area contributed by atoms with E-state index in [1.165, 1.54) is 0 Å². The van der Waals surface area contributed by atoms with E-state index in [9.17, 15) is 8.42 Å². The monoisotopic (exact) mass is 347 g/mol. The van der Waals surface area contributed by atoms with Crippen molar-refractivity contribution in [3.63, 3.8) is 0 Å². The Morgan fingerprint density at radius 1 is 1.12 bits per heavy atom. The van der Waals surface area contributed by atoms with Crippen LogP contribution in [0.4, 0.5) is 0 Å². The van der Waals surface area contributed by atoms with Crippen molar-refractivity contribution >= 4 is 10.3 Å². The maximum atomic E-state index is 11.2. The first-order chi connectivity index (χ1) is 11.4. The summed E-state index contributed by atoms with van der Waals surface area (Å²) in [6.45, 7) is 2.04. The molecule has 1 heterocycles. The molecule has 0 aliphatic carbocycles. The second kappa shape index (κ2) is 7.03. The Labute approximate surface area is 142 Å². The minimum Gasteiger partial charge on any atom is -0.365 e. The fourth-order valence-corrected chi connectivity index (χ4v) is 3.56. The van der Waals surface area contributed by atoms with Crippen molar-refractivity contribution in [1.82, 2.24) is 0 Å². The summed E-state index contributed by atoms with van der Waals surface area (Å²) in [4.78, 5) is 0. The van der Waals surface area contributed by atoms with Crippen molar-refractivity contribution in [1.29, 1.82) is 0 Å². The van der Waals surface area contributed by atoms with Crippen LogP contribution < -0.4 is 5.14 Å². The number of benzene rings is 2. The molecule has 0 spiro atoms. The molecular formula is C18H21NO4S. The predicted molar refractivity (Wildman–Crippen MR) is 91.4 cm³/mol. The summed E-state index contributed by atoms with van der Waals surface area (Å²) in [6.07, 6.45) is 0.362. The average Bonchev–Trinajstić information content (AvgIpc) is 2.98. The van der Waals surface area contributed by atoms with Crippen LogP contribution in [-0.2, 0) is 19.2 Å². The molecule has 0 aromatic heterocycles. The van der Waals surface area contributed by atoms with Gasteiger partial charge in [0.25, 0.3) is 0 Å². The van der Waals surface area contributed by atoms with Gasteiger partial charge in [0, 0.05) is 5.92 Å². The molecule has 3 atom stereocenters. The summed E-state index contributed by atoms with van der Waals surface area (Å²) in [6, 6.07) is 17.9. The first kappa shape index (κ1) is 17.1. The molecule has 1 aliphatic rings. The zero-order chi connectivity index (χ0) is 17.2. The standard InChI is InChI=1S/C18H21NO4S/c1-13-7-5-6-10-16(13)18-15(12-22-24(19,20)21)11-17(23-18)14-8-3-2-4-9-14/h2-10,15,17-18H,11-12H2,1H3,(H2,19,20,21)/t15-,17?,18+/m0/s1. The summed E-state index contributed by atoms with van der Waals surface area (Å²) in [5.41, 5.74) is 3.24. The average molecular weight is 347 g/mol. The van der Waals surface area contributed by atoms with Crippen LogP contribution in [0.25, 0.3) is 0 Å². The predicted octanol–water partition coefficient (Wildman–Crippen LogP) is 3.03. The highest BCUT2D eigenvalue weighted by Gasteiger charge is 2.38. The molecule has 1 unspecified atom stereocenters. The second-order valence-corrected chi connectivity index (χ2v) is 7.31. The Kier molecular flexibility index (Phi) is 5.01. The lowest BCUT2D eigenvalue weighted by atomic mass is 9.91. The molecular weight excluding hydrogens is 326 g/mol. The number of ether oxygens (including phenoxy) is 1. The molecule has 0 saturated carbocycles. The van der Waals surface area contributed by atoms with Crippen LogP contribution >= 0.6 is 0 Å². The van der Waals surface area contributed by atoms with Crippen LogP contribution in [0, 0.1) is 12.8 Å². The van der Waals surface area contributed by atoms with Crippen molar-refractivity contribution in [3.05, 3.63) is 71.3 Å². The highest BCUT2D eigenvalue weighted by molar-refractivity contribution is 7.84. The second-order valence-electron chi connectivity index (χ2n) is 6.09. The lowest BCUT2D eigenvalue weighted by Gasteiger charge is -2.20. The summed E-state index contributed by atoms with van der Waals surface area (Å²) in [5, 5.41) is 4.98. The lowest BCUT2D eigenvalue weighted by Crippen LogP contribution is -2.22. The van der Waals surface area contributed by atoms with E-state index < -0.39 is 10.3 Å². The molecule has 0 radical (unpaired) electrons. The first-order valence-electron chi connectivity index (χ1n) is 7.87. The van der Waals surface area contributed by atoms with E-state index in [-0.39, 0.29) is 24.7 Å². The summed E-state index contributed by atoms with van der Waals surface area (Å²) in [5.74, 6) is -0.0883. The fourth-order valence-electron chi connectivity index (χ4n) is 3.20. The Hall–Kier alpha value is -1.73. The number of rotatable bonds is 5. The van der Waals surface area contributed by atoms with E-state index in [0.29, 0.717) is 6.42 Å². The molecule has 2 aromatic rings. The van der Waals surface area contributed by atoms with E-state index in [1.54, 1.807) is 0 Å². The molecule has 5 nitrogen and oxygen atoms in total. The van der Waals surface area contributed by atoms with Gasteiger partial charge < -0.3 is 4.74 Å². The topological polar surface area (TPSA) is 78.6 Å². The Morgan fingerprint density at radius 3 is 2.46 bits per heavy atom. The van der Waals surface area contributed by atoms with Crippen LogP contribution in [-0.4, -0.2) is 15.0 Å².